The molecule has 3 rings (SSSR count). The monoisotopic (exact) mass is 415 g/mol. The van der Waals surface area contributed by atoms with E-state index in [2.05, 4.69) is 10.3 Å². The van der Waals surface area contributed by atoms with Gasteiger partial charge in [-0.05, 0) is 69.0 Å². The zero-order valence-electron chi connectivity index (χ0n) is 17.9. The number of aromatic nitrogens is 1. The molecular weight excluding hydrogens is 385 g/mol. The maximum atomic E-state index is 13.2. The number of urea groups is 1. The first kappa shape index (κ1) is 21.9. The molecule has 162 valence electrons. The van der Waals surface area contributed by atoms with E-state index in [4.69, 9.17) is 4.74 Å². The van der Waals surface area contributed by atoms with Crippen LogP contribution in [0.15, 0.2) is 24.3 Å². The average molecular weight is 416 g/mol. The molecule has 0 saturated heterocycles. The summed E-state index contributed by atoms with van der Waals surface area (Å²) in [6.07, 6.45) is 5.25. The summed E-state index contributed by atoms with van der Waals surface area (Å²) in [6.45, 7) is 6.25. The fourth-order valence-electron chi connectivity index (χ4n) is 4.09. The number of H-pyrrole nitrogens is 1. The van der Waals surface area contributed by atoms with Gasteiger partial charge in [-0.15, -0.1) is 0 Å². The van der Waals surface area contributed by atoms with Gasteiger partial charge in [0, 0.05) is 24.0 Å². The molecule has 2 N–H and O–H groups in total. The number of hydrogen-bond acceptors (Lipinski definition) is 3. The summed E-state index contributed by atoms with van der Waals surface area (Å²) in [7, 11) is 0. The molecule has 1 aliphatic carbocycles. The quantitative estimate of drug-likeness (QED) is 0.628. The highest BCUT2D eigenvalue weighted by molar-refractivity contribution is 5.91. The van der Waals surface area contributed by atoms with Crippen molar-refractivity contribution in [1.82, 2.24) is 9.88 Å². The summed E-state index contributed by atoms with van der Waals surface area (Å²) in [5, 5.41) is 2.89. The number of aryl methyl sites for hydroxylation is 1. The van der Waals surface area contributed by atoms with Crippen LogP contribution in [0.1, 0.15) is 66.3 Å². The van der Waals surface area contributed by atoms with Crippen LogP contribution in [-0.2, 0) is 11.3 Å². The summed E-state index contributed by atoms with van der Waals surface area (Å²) < 4.78 is 18.3. The average Bonchev–Trinajstić information content (AvgIpc) is 3.02. The van der Waals surface area contributed by atoms with E-state index in [1.54, 1.807) is 19.1 Å². The van der Waals surface area contributed by atoms with Gasteiger partial charge in [-0.3, -0.25) is 0 Å². The standard InChI is InChI=1S/C23H30FN3O3/c1-4-30-22(28)21-15(2)20(16(3)25-21)14-27(19-8-6-5-7-9-19)23(29)26-18-12-10-17(24)11-13-18/h10-13,19,25H,4-9,14H2,1-3H3,(H,26,29). The molecule has 0 spiro atoms. The smallest absolute Gasteiger partial charge is 0.355 e. The Balaban J connectivity index is 1.85. The van der Waals surface area contributed by atoms with Gasteiger partial charge in [0.1, 0.15) is 11.5 Å². The van der Waals surface area contributed by atoms with Crippen LogP contribution in [0.25, 0.3) is 0 Å². The maximum absolute atomic E-state index is 13.2. The number of amides is 2. The summed E-state index contributed by atoms with van der Waals surface area (Å²) in [5.41, 5.74) is 3.58. The maximum Gasteiger partial charge on any atom is 0.355 e. The van der Waals surface area contributed by atoms with Gasteiger partial charge in [-0.1, -0.05) is 19.3 Å². The van der Waals surface area contributed by atoms with Gasteiger partial charge >= 0.3 is 12.0 Å². The van der Waals surface area contributed by atoms with Gasteiger partial charge in [0.15, 0.2) is 0 Å². The number of carbonyl (C=O) groups is 2. The molecule has 1 fully saturated rings. The zero-order chi connectivity index (χ0) is 21.7. The minimum absolute atomic E-state index is 0.124. The lowest BCUT2D eigenvalue weighted by Crippen LogP contribution is -2.43. The van der Waals surface area contributed by atoms with Crippen molar-refractivity contribution in [3.63, 3.8) is 0 Å². The highest BCUT2D eigenvalue weighted by atomic mass is 19.1. The lowest BCUT2D eigenvalue weighted by Gasteiger charge is -2.34. The zero-order valence-corrected chi connectivity index (χ0v) is 17.9. The summed E-state index contributed by atoms with van der Waals surface area (Å²) in [6, 6.07) is 5.67. The molecule has 0 unspecified atom stereocenters. The van der Waals surface area contributed by atoms with Crippen LogP contribution in [0.5, 0.6) is 0 Å². The molecule has 0 bridgehead atoms. The molecular formula is C23H30FN3O3. The first-order valence-electron chi connectivity index (χ1n) is 10.6. The number of anilines is 1. The fraction of sp³-hybridized carbons (Fsp3) is 0.478. The highest BCUT2D eigenvalue weighted by Crippen LogP contribution is 2.28. The Hall–Kier alpha value is -2.83. The van der Waals surface area contributed by atoms with Crippen LogP contribution in [-0.4, -0.2) is 34.5 Å². The molecule has 1 saturated carbocycles. The Morgan fingerprint density at radius 3 is 2.47 bits per heavy atom. The van der Waals surface area contributed by atoms with Crippen molar-refractivity contribution in [2.45, 2.75) is 65.5 Å². The predicted molar refractivity (Wildman–Crippen MR) is 114 cm³/mol. The third-order valence-electron chi connectivity index (χ3n) is 5.77. The van der Waals surface area contributed by atoms with E-state index in [1.807, 2.05) is 18.7 Å². The van der Waals surface area contributed by atoms with E-state index >= 15 is 0 Å². The fourth-order valence-corrected chi connectivity index (χ4v) is 4.09. The molecule has 2 aromatic rings. The van der Waals surface area contributed by atoms with E-state index < -0.39 is 0 Å². The van der Waals surface area contributed by atoms with Crippen LogP contribution >= 0.6 is 0 Å². The van der Waals surface area contributed by atoms with Gasteiger partial charge < -0.3 is 19.9 Å². The van der Waals surface area contributed by atoms with E-state index in [0.717, 1.165) is 42.5 Å². The van der Waals surface area contributed by atoms with Gasteiger partial charge in [0.25, 0.3) is 0 Å². The topological polar surface area (TPSA) is 74.4 Å². The van der Waals surface area contributed by atoms with Crippen LogP contribution in [0, 0.1) is 19.7 Å². The molecule has 7 heteroatoms. The van der Waals surface area contributed by atoms with Crippen molar-refractivity contribution in [1.29, 1.82) is 0 Å². The molecule has 6 nitrogen and oxygen atoms in total. The van der Waals surface area contributed by atoms with E-state index in [9.17, 15) is 14.0 Å². The van der Waals surface area contributed by atoms with Crippen LogP contribution in [0.2, 0.25) is 0 Å². The predicted octanol–water partition coefficient (Wildman–Crippen LogP) is 5.31. The second-order valence-corrected chi connectivity index (χ2v) is 7.81. The van der Waals surface area contributed by atoms with Crippen LogP contribution < -0.4 is 5.32 Å². The largest absolute Gasteiger partial charge is 0.461 e. The van der Waals surface area contributed by atoms with Crippen LogP contribution in [0.4, 0.5) is 14.9 Å². The third kappa shape index (κ3) is 5.01. The number of esters is 1. The number of nitrogens with one attached hydrogen (secondary N) is 2. The first-order valence-corrected chi connectivity index (χ1v) is 10.6. The van der Waals surface area contributed by atoms with Crippen molar-refractivity contribution in [2.24, 2.45) is 0 Å². The molecule has 2 amide bonds. The number of rotatable bonds is 6. The molecule has 0 radical (unpaired) electrons. The number of aromatic amines is 1. The normalized spacial score (nSPS) is 14.4. The number of benzene rings is 1. The third-order valence-corrected chi connectivity index (χ3v) is 5.77. The van der Waals surface area contributed by atoms with Crippen LogP contribution in [0.3, 0.4) is 0 Å². The lowest BCUT2D eigenvalue weighted by molar-refractivity contribution is 0.0519. The Bertz CT molecular complexity index is 886. The van der Waals surface area contributed by atoms with Crippen molar-refractivity contribution >= 4 is 17.7 Å². The van der Waals surface area contributed by atoms with Crippen molar-refractivity contribution in [3.05, 3.63) is 52.6 Å². The van der Waals surface area contributed by atoms with Crippen molar-refractivity contribution < 1.29 is 18.7 Å². The molecule has 1 heterocycles. The molecule has 1 aromatic heterocycles. The van der Waals surface area contributed by atoms with Gasteiger partial charge in [-0.25, -0.2) is 14.0 Å². The summed E-state index contributed by atoms with van der Waals surface area (Å²) in [4.78, 5) is 30.4. The second kappa shape index (κ2) is 9.78. The Morgan fingerprint density at radius 2 is 1.83 bits per heavy atom. The van der Waals surface area contributed by atoms with E-state index in [-0.39, 0.29) is 23.9 Å². The number of hydrogen-bond donors (Lipinski definition) is 2. The molecule has 0 atom stereocenters. The van der Waals surface area contributed by atoms with E-state index in [1.165, 1.54) is 18.6 Å². The minimum atomic E-state index is -0.385. The first-order chi connectivity index (χ1) is 14.4. The second-order valence-electron chi connectivity index (χ2n) is 7.81. The van der Waals surface area contributed by atoms with Crippen molar-refractivity contribution in [3.8, 4) is 0 Å². The van der Waals surface area contributed by atoms with Gasteiger partial charge in [0.2, 0.25) is 0 Å². The summed E-state index contributed by atoms with van der Waals surface area (Å²) in [5.74, 6) is -0.730. The minimum Gasteiger partial charge on any atom is -0.461 e. The van der Waals surface area contributed by atoms with Gasteiger partial charge in [0.05, 0.1) is 6.61 Å². The molecule has 30 heavy (non-hydrogen) atoms. The number of halogens is 1. The number of carbonyl (C=O) groups excluding carboxylic acids is 2. The summed E-state index contributed by atoms with van der Waals surface area (Å²) >= 11 is 0. The molecule has 1 aromatic carbocycles. The SMILES string of the molecule is CCOC(=O)c1[nH]c(C)c(CN(C(=O)Nc2ccc(F)cc2)C2CCCCC2)c1C. The Morgan fingerprint density at radius 1 is 1.17 bits per heavy atom. The Kier molecular flexibility index (Phi) is 7.13. The lowest BCUT2D eigenvalue weighted by atomic mass is 9.93. The Labute approximate surface area is 176 Å². The highest BCUT2D eigenvalue weighted by Gasteiger charge is 2.28. The molecule has 1 aliphatic rings. The van der Waals surface area contributed by atoms with Gasteiger partial charge in [-0.2, -0.15) is 0 Å². The van der Waals surface area contributed by atoms with E-state index in [0.29, 0.717) is 24.5 Å². The number of ether oxygens (including phenoxy) is 1. The molecule has 0 aliphatic heterocycles. The van der Waals surface area contributed by atoms with Crippen molar-refractivity contribution in [2.75, 3.05) is 11.9 Å². The number of nitrogens with zero attached hydrogens (tertiary/aromatic N) is 1.